The van der Waals surface area contributed by atoms with Crippen LogP contribution in [-0.2, 0) is 4.79 Å². The van der Waals surface area contributed by atoms with Crippen molar-refractivity contribution in [3.63, 3.8) is 0 Å². The Balaban J connectivity index is 1.68. The van der Waals surface area contributed by atoms with Crippen LogP contribution in [0, 0.1) is 0 Å². The number of aliphatic carboxylic acids is 1. The number of para-hydroxylation sites is 1. The van der Waals surface area contributed by atoms with E-state index < -0.39 is 5.97 Å². The quantitative estimate of drug-likeness (QED) is 0.890. The van der Waals surface area contributed by atoms with Gasteiger partial charge in [0.15, 0.2) is 0 Å². The third-order valence-electron chi connectivity index (χ3n) is 4.43. The van der Waals surface area contributed by atoms with E-state index in [1.165, 1.54) is 5.56 Å². The molecule has 4 heteroatoms. The summed E-state index contributed by atoms with van der Waals surface area (Å²) in [5.41, 5.74) is 1.28. The molecule has 108 valence electrons. The molecule has 0 aliphatic carbocycles. The first-order valence-corrected chi connectivity index (χ1v) is 7.44. The Bertz CT molecular complexity index is 488. The number of benzene rings is 1. The molecule has 0 radical (unpaired) electrons. The molecule has 0 amide bonds. The predicted molar refractivity (Wildman–Crippen MR) is 76.1 cm³/mol. The lowest BCUT2D eigenvalue weighted by Gasteiger charge is -2.33. The first-order chi connectivity index (χ1) is 9.74. The van der Waals surface area contributed by atoms with Crippen molar-refractivity contribution in [2.24, 2.45) is 0 Å². The Kier molecular flexibility index (Phi) is 3.92. The number of ether oxygens (including phenoxy) is 1. The van der Waals surface area contributed by atoms with E-state index >= 15 is 0 Å². The highest BCUT2D eigenvalue weighted by molar-refractivity contribution is 5.73. The fraction of sp³-hybridized carbons (Fsp3) is 0.562. The van der Waals surface area contributed by atoms with E-state index in [1.807, 2.05) is 12.1 Å². The number of nitrogens with one attached hydrogen (secondary N) is 1. The van der Waals surface area contributed by atoms with Crippen LogP contribution in [0.4, 0.5) is 0 Å². The fourth-order valence-electron chi connectivity index (χ4n) is 3.40. The standard InChI is InChI=1S/C16H21NO3/c18-16(19)14-6-3-4-12(17-14)10-11-8-9-20-15-7-2-1-5-13(11)15/h1-2,5,7,11-12,14,17H,3-4,6,8-10H2,(H,18,19). The van der Waals surface area contributed by atoms with Crippen LogP contribution in [0.2, 0.25) is 0 Å². The van der Waals surface area contributed by atoms with Crippen LogP contribution >= 0.6 is 0 Å². The maximum atomic E-state index is 11.1. The minimum Gasteiger partial charge on any atom is -0.493 e. The van der Waals surface area contributed by atoms with Crippen molar-refractivity contribution in [3.05, 3.63) is 29.8 Å². The second kappa shape index (κ2) is 5.83. The lowest BCUT2D eigenvalue weighted by Crippen LogP contribution is -2.47. The topological polar surface area (TPSA) is 58.6 Å². The number of fused-ring (bicyclic) bond motifs is 1. The molecule has 3 atom stereocenters. The predicted octanol–water partition coefficient (Wildman–Crippen LogP) is 2.54. The average Bonchev–Trinajstić information content (AvgIpc) is 2.48. The van der Waals surface area contributed by atoms with Crippen LogP contribution in [0.3, 0.4) is 0 Å². The summed E-state index contributed by atoms with van der Waals surface area (Å²) in [5.74, 6) is 0.751. The third kappa shape index (κ3) is 2.80. The number of carbonyl (C=O) groups is 1. The summed E-state index contributed by atoms with van der Waals surface area (Å²) in [7, 11) is 0. The second-order valence-corrected chi connectivity index (χ2v) is 5.79. The van der Waals surface area contributed by atoms with Gasteiger partial charge in [0.2, 0.25) is 0 Å². The van der Waals surface area contributed by atoms with E-state index in [-0.39, 0.29) is 6.04 Å². The molecule has 4 nitrogen and oxygen atoms in total. The van der Waals surface area contributed by atoms with Crippen molar-refractivity contribution in [1.82, 2.24) is 5.32 Å². The van der Waals surface area contributed by atoms with Crippen LogP contribution in [0.5, 0.6) is 5.75 Å². The largest absolute Gasteiger partial charge is 0.493 e. The molecule has 1 aromatic rings. The van der Waals surface area contributed by atoms with Crippen LogP contribution in [-0.4, -0.2) is 29.8 Å². The van der Waals surface area contributed by atoms with Gasteiger partial charge in [0, 0.05) is 6.04 Å². The molecule has 3 rings (SSSR count). The van der Waals surface area contributed by atoms with Crippen molar-refractivity contribution >= 4 is 5.97 Å². The van der Waals surface area contributed by atoms with Crippen LogP contribution in [0.1, 0.15) is 43.6 Å². The third-order valence-corrected chi connectivity index (χ3v) is 4.43. The highest BCUT2D eigenvalue weighted by Crippen LogP contribution is 2.37. The van der Waals surface area contributed by atoms with Gasteiger partial charge in [0.25, 0.3) is 0 Å². The number of carboxylic acids is 1. The van der Waals surface area contributed by atoms with Gasteiger partial charge in [-0.25, -0.2) is 0 Å². The maximum Gasteiger partial charge on any atom is 0.320 e. The number of rotatable bonds is 3. The Hall–Kier alpha value is -1.55. The fourth-order valence-corrected chi connectivity index (χ4v) is 3.40. The summed E-state index contributed by atoms with van der Waals surface area (Å²) in [5, 5.41) is 12.4. The molecule has 1 fully saturated rings. The van der Waals surface area contributed by atoms with E-state index in [2.05, 4.69) is 17.4 Å². The number of hydrogen-bond donors (Lipinski definition) is 2. The summed E-state index contributed by atoms with van der Waals surface area (Å²) in [6.07, 6.45) is 4.84. The van der Waals surface area contributed by atoms with Crippen LogP contribution in [0.15, 0.2) is 24.3 Å². The Labute approximate surface area is 119 Å². The van der Waals surface area contributed by atoms with Gasteiger partial charge in [-0.2, -0.15) is 0 Å². The van der Waals surface area contributed by atoms with E-state index in [1.54, 1.807) is 0 Å². The van der Waals surface area contributed by atoms with E-state index in [0.29, 0.717) is 12.0 Å². The normalized spacial score (nSPS) is 29.3. The average molecular weight is 275 g/mol. The SMILES string of the molecule is O=C(O)C1CCCC(CC2CCOc3ccccc32)N1. The highest BCUT2D eigenvalue weighted by atomic mass is 16.5. The van der Waals surface area contributed by atoms with Crippen molar-refractivity contribution < 1.29 is 14.6 Å². The second-order valence-electron chi connectivity index (χ2n) is 5.79. The van der Waals surface area contributed by atoms with Gasteiger partial charge in [-0.15, -0.1) is 0 Å². The zero-order chi connectivity index (χ0) is 13.9. The molecular weight excluding hydrogens is 254 g/mol. The number of piperidine rings is 1. The molecule has 2 N–H and O–H groups in total. The molecule has 3 unspecified atom stereocenters. The molecule has 0 aromatic heterocycles. The minimum absolute atomic E-state index is 0.306. The number of hydrogen-bond acceptors (Lipinski definition) is 3. The first kappa shape index (κ1) is 13.4. The molecule has 2 aliphatic heterocycles. The van der Waals surface area contributed by atoms with E-state index in [4.69, 9.17) is 9.84 Å². The molecule has 1 saturated heterocycles. The van der Waals surface area contributed by atoms with Gasteiger partial charge in [-0.05, 0) is 49.7 Å². The lowest BCUT2D eigenvalue weighted by molar-refractivity contribution is -0.140. The summed E-state index contributed by atoms with van der Waals surface area (Å²) >= 11 is 0. The Morgan fingerprint density at radius 1 is 1.30 bits per heavy atom. The van der Waals surface area contributed by atoms with Crippen molar-refractivity contribution in [1.29, 1.82) is 0 Å². The van der Waals surface area contributed by atoms with Gasteiger partial charge in [0.1, 0.15) is 11.8 Å². The zero-order valence-electron chi connectivity index (χ0n) is 11.5. The van der Waals surface area contributed by atoms with Gasteiger partial charge in [-0.3, -0.25) is 4.79 Å². The summed E-state index contributed by atoms with van der Waals surface area (Å²) in [6, 6.07) is 8.15. The van der Waals surface area contributed by atoms with Gasteiger partial charge in [-0.1, -0.05) is 18.2 Å². The van der Waals surface area contributed by atoms with Gasteiger partial charge < -0.3 is 15.2 Å². The Morgan fingerprint density at radius 3 is 3.00 bits per heavy atom. The molecule has 2 heterocycles. The van der Waals surface area contributed by atoms with Gasteiger partial charge >= 0.3 is 5.97 Å². The summed E-state index contributed by atoms with van der Waals surface area (Å²) < 4.78 is 5.69. The zero-order valence-corrected chi connectivity index (χ0v) is 11.5. The van der Waals surface area contributed by atoms with Crippen LogP contribution in [0.25, 0.3) is 0 Å². The molecule has 20 heavy (non-hydrogen) atoms. The molecule has 1 aromatic carbocycles. The highest BCUT2D eigenvalue weighted by Gasteiger charge is 2.29. The van der Waals surface area contributed by atoms with Crippen molar-refractivity contribution in [2.45, 2.75) is 50.1 Å². The lowest BCUT2D eigenvalue weighted by atomic mass is 9.84. The number of carboxylic acid groups (broad SMARTS) is 1. The Morgan fingerprint density at radius 2 is 2.15 bits per heavy atom. The first-order valence-electron chi connectivity index (χ1n) is 7.44. The van der Waals surface area contributed by atoms with Crippen molar-refractivity contribution in [3.8, 4) is 5.75 Å². The minimum atomic E-state index is -0.720. The maximum absolute atomic E-state index is 11.1. The van der Waals surface area contributed by atoms with E-state index in [0.717, 1.165) is 44.5 Å². The summed E-state index contributed by atoms with van der Waals surface area (Å²) in [6.45, 7) is 0.761. The molecule has 0 spiro atoms. The molecular formula is C16H21NO3. The monoisotopic (exact) mass is 275 g/mol. The summed E-state index contributed by atoms with van der Waals surface area (Å²) in [4.78, 5) is 11.1. The molecule has 2 aliphatic rings. The molecule has 0 saturated carbocycles. The smallest absolute Gasteiger partial charge is 0.320 e. The van der Waals surface area contributed by atoms with Crippen molar-refractivity contribution in [2.75, 3.05) is 6.61 Å². The van der Waals surface area contributed by atoms with Crippen LogP contribution < -0.4 is 10.1 Å². The van der Waals surface area contributed by atoms with E-state index in [9.17, 15) is 4.79 Å². The molecule has 0 bridgehead atoms. The van der Waals surface area contributed by atoms with Gasteiger partial charge in [0.05, 0.1) is 6.61 Å².